The second kappa shape index (κ2) is 5.36. The lowest BCUT2D eigenvalue weighted by atomic mass is 9.80. The van der Waals surface area contributed by atoms with Gasteiger partial charge in [0.1, 0.15) is 0 Å². The zero-order chi connectivity index (χ0) is 13.2. The quantitative estimate of drug-likeness (QED) is 0.771. The second-order valence-electron chi connectivity index (χ2n) is 6.27. The van der Waals surface area contributed by atoms with Crippen molar-refractivity contribution < 1.29 is 9.90 Å². The molecular weight excluding hydrogens is 216 g/mol. The molecule has 4 heteroatoms. The van der Waals surface area contributed by atoms with Gasteiger partial charge in [-0.15, -0.1) is 0 Å². The Labute approximate surface area is 104 Å². The molecule has 0 aromatic rings. The van der Waals surface area contributed by atoms with Crippen molar-refractivity contribution in [3.8, 4) is 0 Å². The molecule has 2 N–H and O–H groups in total. The average molecular weight is 242 g/mol. The van der Waals surface area contributed by atoms with Gasteiger partial charge in [0.15, 0.2) is 0 Å². The molecule has 0 saturated carbocycles. The Morgan fingerprint density at radius 1 is 1.47 bits per heavy atom. The van der Waals surface area contributed by atoms with Gasteiger partial charge < -0.3 is 15.3 Å². The Bertz CT molecular complexity index is 273. The first-order valence-corrected chi connectivity index (χ1v) is 6.38. The fraction of sp³-hybridized carbons (Fsp3) is 0.923. The highest BCUT2D eigenvalue weighted by Crippen LogP contribution is 2.28. The van der Waals surface area contributed by atoms with E-state index in [-0.39, 0.29) is 17.4 Å². The highest BCUT2D eigenvalue weighted by molar-refractivity contribution is 5.76. The minimum atomic E-state index is -0.436. The lowest BCUT2D eigenvalue weighted by Crippen LogP contribution is -2.45. The summed E-state index contributed by atoms with van der Waals surface area (Å²) in [4.78, 5) is 13.8. The van der Waals surface area contributed by atoms with Crippen LogP contribution in [0.5, 0.6) is 0 Å². The first-order valence-electron chi connectivity index (χ1n) is 6.38. The molecule has 0 aromatic heterocycles. The van der Waals surface area contributed by atoms with E-state index in [0.29, 0.717) is 25.4 Å². The van der Waals surface area contributed by atoms with Gasteiger partial charge in [0, 0.05) is 26.6 Å². The predicted octanol–water partition coefficient (Wildman–Crippen LogP) is 0.850. The summed E-state index contributed by atoms with van der Waals surface area (Å²) in [5.74, 6) is 0.462. The second-order valence-corrected chi connectivity index (χ2v) is 6.27. The van der Waals surface area contributed by atoms with Gasteiger partial charge in [-0.2, -0.15) is 0 Å². The fourth-order valence-corrected chi connectivity index (χ4v) is 1.94. The van der Waals surface area contributed by atoms with Crippen LogP contribution in [0, 0.1) is 11.3 Å². The number of carbonyl (C=O) groups is 1. The number of β-amino-alcohol motifs (C(OH)–C–C–N with tert-alkyl or cyclic N) is 1. The number of nitrogens with one attached hydrogen (secondary N) is 1. The summed E-state index contributed by atoms with van der Waals surface area (Å²) in [6, 6.07) is -0.0744. The molecule has 0 aliphatic carbocycles. The predicted molar refractivity (Wildman–Crippen MR) is 68.7 cm³/mol. The number of hydrogen-bond donors (Lipinski definition) is 2. The Balaban J connectivity index is 2.53. The zero-order valence-electron chi connectivity index (χ0n) is 11.7. The van der Waals surface area contributed by atoms with Crippen LogP contribution in [0.25, 0.3) is 0 Å². The van der Waals surface area contributed by atoms with E-state index in [9.17, 15) is 9.90 Å². The Morgan fingerprint density at radius 3 is 2.47 bits per heavy atom. The number of rotatable bonds is 3. The maximum Gasteiger partial charge on any atom is 0.222 e. The molecule has 0 spiro atoms. The van der Waals surface area contributed by atoms with E-state index in [1.165, 1.54) is 0 Å². The third kappa shape index (κ3) is 3.68. The number of likely N-dealkylation sites (N-methyl/N-ethyl adjacent to an activating group) is 1. The van der Waals surface area contributed by atoms with Crippen molar-refractivity contribution in [2.45, 2.75) is 46.3 Å². The molecular formula is C13H26N2O2. The first-order chi connectivity index (χ1) is 7.73. The van der Waals surface area contributed by atoms with Gasteiger partial charge in [0.25, 0.3) is 0 Å². The van der Waals surface area contributed by atoms with Crippen LogP contribution in [0.4, 0.5) is 0 Å². The van der Waals surface area contributed by atoms with Crippen molar-refractivity contribution in [1.82, 2.24) is 10.2 Å². The zero-order valence-corrected chi connectivity index (χ0v) is 11.7. The van der Waals surface area contributed by atoms with Crippen molar-refractivity contribution in [1.29, 1.82) is 0 Å². The molecule has 1 saturated heterocycles. The highest BCUT2D eigenvalue weighted by Gasteiger charge is 2.32. The van der Waals surface area contributed by atoms with Crippen molar-refractivity contribution in [2.75, 3.05) is 20.1 Å². The molecule has 17 heavy (non-hydrogen) atoms. The van der Waals surface area contributed by atoms with Gasteiger partial charge in [-0.05, 0) is 11.3 Å². The summed E-state index contributed by atoms with van der Waals surface area (Å²) >= 11 is 0. The van der Waals surface area contributed by atoms with Crippen LogP contribution >= 0.6 is 0 Å². The number of aliphatic hydroxyl groups excluding tert-OH is 1. The van der Waals surface area contributed by atoms with Gasteiger partial charge >= 0.3 is 0 Å². The van der Waals surface area contributed by atoms with Gasteiger partial charge in [-0.1, -0.05) is 27.7 Å². The van der Waals surface area contributed by atoms with Gasteiger partial charge in [-0.25, -0.2) is 0 Å². The standard InChI is InChI=1S/C13H26N2O2/c1-9(13(2,3)4)6-12(17)15(5)10-7-14-8-11(10)16/h9-11,14,16H,6-8H2,1-5H3/t9?,10-,11-/m1/s1. The molecule has 1 aliphatic rings. The summed E-state index contributed by atoms with van der Waals surface area (Å²) in [7, 11) is 1.79. The molecule has 0 radical (unpaired) electrons. The molecule has 1 unspecified atom stereocenters. The molecule has 0 bridgehead atoms. The Hall–Kier alpha value is -0.610. The number of aliphatic hydroxyl groups is 1. The molecule has 0 aromatic carbocycles. The van der Waals surface area contributed by atoms with Crippen LogP contribution in [-0.2, 0) is 4.79 Å². The highest BCUT2D eigenvalue weighted by atomic mass is 16.3. The van der Waals surface area contributed by atoms with Crippen molar-refractivity contribution in [2.24, 2.45) is 11.3 Å². The molecule has 1 fully saturated rings. The normalized spacial score (nSPS) is 26.9. The molecule has 1 amide bonds. The number of carbonyl (C=O) groups excluding carboxylic acids is 1. The van der Waals surface area contributed by atoms with Crippen molar-refractivity contribution >= 4 is 5.91 Å². The smallest absolute Gasteiger partial charge is 0.222 e. The molecule has 1 heterocycles. The van der Waals surface area contributed by atoms with E-state index >= 15 is 0 Å². The molecule has 1 aliphatic heterocycles. The van der Waals surface area contributed by atoms with Crippen LogP contribution in [-0.4, -0.2) is 48.2 Å². The summed E-state index contributed by atoms with van der Waals surface area (Å²) in [5.41, 5.74) is 0.142. The molecule has 1 rings (SSSR count). The fourth-order valence-electron chi connectivity index (χ4n) is 1.94. The largest absolute Gasteiger partial charge is 0.390 e. The van der Waals surface area contributed by atoms with E-state index in [1.807, 2.05) is 0 Å². The van der Waals surface area contributed by atoms with Gasteiger partial charge in [-0.3, -0.25) is 4.79 Å². The molecule has 4 nitrogen and oxygen atoms in total. The maximum absolute atomic E-state index is 12.1. The summed E-state index contributed by atoms with van der Waals surface area (Å²) in [5, 5.41) is 12.8. The SMILES string of the molecule is CC(CC(=O)N(C)[C@@H]1CNC[C@H]1O)C(C)(C)C. The molecule has 3 atom stereocenters. The van der Waals surface area contributed by atoms with Crippen LogP contribution in [0.3, 0.4) is 0 Å². The van der Waals surface area contributed by atoms with E-state index in [4.69, 9.17) is 0 Å². The van der Waals surface area contributed by atoms with E-state index < -0.39 is 6.10 Å². The Morgan fingerprint density at radius 2 is 2.06 bits per heavy atom. The average Bonchev–Trinajstić information content (AvgIpc) is 2.61. The lowest BCUT2D eigenvalue weighted by molar-refractivity contribution is -0.135. The minimum absolute atomic E-state index is 0.0744. The number of nitrogens with zero attached hydrogens (tertiary/aromatic N) is 1. The van der Waals surface area contributed by atoms with Crippen LogP contribution in [0.2, 0.25) is 0 Å². The monoisotopic (exact) mass is 242 g/mol. The first kappa shape index (κ1) is 14.5. The van der Waals surface area contributed by atoms with E-state index in [2.05, 4.69) is 33.0 Å². The van der Waals surface area contributed by atoms with Gasteiger partial charge in [0.2, 0.25) is 5.91 Å². The summed E-state index contributed by atoms with van der Waals surface area (Å²) in [6.45, 7) is 9.82. The third-order valence-corrected chi connectivity index (χ3v) is 4.00. The lowest BCUT2D eigenvalue weighted by Gasteiger charge is -2.31. The summed E-state index contributed by atoms with van der Waals surface area (Å²) < 4.78 is 0. The summed E-state index contributed by atoms with van der Waals surface area (Å²) in [6.07, 6.45) is 0.109. The van der Waals surface area contributed by atoms with E-state index in [0.717, 1.165) is 0 Å². The number of amides is 1. The Kier molecular flexibility index (Phi) is 4.55. The maximum atomic E-state index is 12.1. The van der Waals surface area contributed by atoms with Crippen molar-refractivity contribution in [3.05, 3.63) is 0 Å². The molecule has 100 valence electrons. The third-order valence-electron chi connectivity index (χ3n) is 4.00. The van der Waals surface area contributed by atoms with Gasteiger partial charge in [0.05, 0.1) is 12.1 Å². The van der Waals surface area contributed by atoms with Crippen LogP contribution < -0.4 is 5.32 Å². The van der Waals surface area contributed by atoms with Crippen molar-refractivity contribution in [3.63, 3.8) is 0 Å². The minimum Gasteiger partial charge on any atom is -0.390 e. The topological polar surface area (TPSA) is 52.6 Å². The van der Waals surface area contributed by atoms with Crippen LogP contribution in [0.15, 0.2) is 0 Å². The number of hydrogen-bond acceptors (Lipinski definition) is 3. The van der Waals surface area contributed by atoms with E-state index in [1.54, 1.807) is 11.9 Å². The van der Waals surface area contributed by atoms with Crippen LogP contribution in [0.1, 0.15) is 34.1 Å².